The molecule has 1 aliphatic rings. The molecule has 8 nitrogen and oxygen atoms in total. The maximum atomic E-state index is 13.1. The number of amides is 2. The van der Waals surface area contributed by atoms with Crippen molar-refractivity contribution in [2.45, 2.75) is 33.1 Å². The number of unbranched alkanes of at least 4 members (excludes halogenated alkanes) is 1. The minimum absolute atomic E-state index is 0.101. The average Bonchev–Trinajstić information content (AvgIpc) is 3.16. The molecule has 200 valence electrons. The Morgan fingerprint density at radius 3 is 2.21 bits per heavy atom. The highest BCUT2D eigenvalue weighted by atomic mass is 35.5. The molecule has 9 heteroatoms. The van der Waals surface area contributed by atoms with Gasteiger partial charge in [-0.05, 0) is 79.1 Å². The highest BCUT2D eigenvalue weighted by Gasteiger charge is 2.39. The number of hydrogen-bond acceptors (Lipinski definition) is 7. The summed E-state index contributed by atoms with van der Waals surface area (Å²) in [7, 11) is 0. The van der Waals surface area contributed by atoms with Crippen molar-refractivity contribution in [2.75, 3.05) is 16.8 Å². The number of carbonyl (C=O) groups excluding carboxylic acids is 4. The topological polar surface area (TPSA) is 102 Å². The van der Waals surface area contributed by atoms with Crippen molar-refractivity contribution in [3.8, 4) is 5.75 Å². The molecular formula is C30H27ClN2O6. The van der Waals surface area contributed by atoms with E-state index in [-0.39, 0.29) is 16.4 Å². The van der Waals surface area contributed by atoms with Crippen molar-refractivity contribution in [3.63, 3.8) is 0 Å². The molecule has 1 heterocycles. The lowest BCUT2D eigenvalue weighted by Crippen LogP contribution is -2.32. The third-order valence-corrected chi connectivity index (χ3v) is 6.38. The fourth-order valence-corrected chi connectivity index (χ4v) is 4.03. The quantitative estimate of drug-likeness (QED) is 0.147. The van der Waals surface area contributed by atoms with Gasteiger partial charge in [-0.15, -0.1) is 0 Å². The zero-order valence-electron chi connectivity index (χ0n) is 21.5. The highest BCUT2D eigenvalue weighted by molar-refractivity contribution is 6.53. The van der Waals surface area contributed by atoms with Crippen LogP contribution in [0.4, 0.5) is 11.4 Å². The van der Waals surface area contributed by atoms with Crippen LogP contribution in [-0.4, -0.2) is 30.4 Å². The van der Waals surface area contributed by atoms with Gasteiger partial charge in [0.05, 0.1) is 23.4 Å². The second-order valence-electron chi connectivity index (χ2n) is 8.76. The summed E-state index contributed by atoms with van der Waals surface area (Å²) in [6, 6.07) is 19.5. The second-order valence-corrected chi connectivity index (χ2v) is 9.14. The molecule has 0 unspecified atom stereocenters. The molecule has 3 aromatic rings. The molecule has 0 bridgehead atoms. The Morgan fingerprint density at radius 2 is 1.54 bits per heavy atom. The largest absolute Gasteiger partial charge is 0.462 e. The van der Waals surface area contributed by atoms with Gasteiger partial charge in [-0.1, -0.05) is 44.0 Å². The number of anilines is 2. The van der Waals surface area contributed by atoms with E-state index in [9.17, 15) is 19.2 Å². The monoisotopic (exact) mass is 546 g/mol. The van der Waals surface area contributed by atoms with Crippen LogP contribution in [0.15, 0.2) is 83.5 Å². The molecule has 0 radical (unpaired) electrons. The molecule has 4 rings (SSSR count). The Kier molecular flexibility index (Phi) is 8.78. The lowest BCUT2D eigenvalue weighted by atomic mass is 10.1. The van der Waals surface area contributed by atoms with E-state index >= 15 is 0 Å². The van der Waals surface area contributed by atoms with Crippen LogP contribution in [0.5, 0.6) is 5.75 Å². The van der Waals surface area contributed by atoms with E-state index in [4.69, 9.17) is 21.1 Å². The van der Waals surface area contributed by atoms with Gasteiger partial charge in [-0.2, -0.15) is 0 Å². The van der Waals surface area contributed by atoms with Gasteiger partial charge in [-0.3, -0.25) is 9.59 Å². The molecule has 0 saturated carbocycles. The van der Waals surface area contributed by atoms with Crippen molar-refractivity contribution in [1.82, 2.24) is 0 Å². The normalized spacial score (nSPS) is 13.1. The zero-order valence-corrected chi connectivity index (χ0v) is 22.3. The first-order chi connectivity index (χ1) is 18.8. The standard InChI is InChI=1S/C30H27ClN2O6/c1-3-5-17-38-29(36)20-11-15-23(16-12-20)33-27(34)25(31)26(28(33)35)32-22-13-9-21(10-14-22)30(37)39-24-8-6-7-19(4-2)18-24/h6-16,18,32H,3-5,17H2,1-2H3. The van der Waals surface area contributed by atoms with E-state index in [1.54, 1.807) is 30.3 Å². The number of nitrogens with one attached hydrogen (secondary N) is 1. The van der Waals surface area contributed by atoms with Crippen molar-refractivity contribution < 1.29 is 28.7 Å². The van der Waals surface area contributed by atoms with Crippen molar-refractivity contribution in [1.29, 1.82) is 0 Å². The molecule has 0 aromatic heterocycles. The first-order valence-electron chi connectivity index (χ1n) is 12.6. The molecule has 0 fully saturated rings. The van der Waals surface area contributed by atoms with Crippen LogP contribution in [0.3, 0.4) is 0 Å². The van der Waals surface area contributed by atoms with Gasteiger partial charge < -0.3 is 14.8 Å². The number of carbonyl (C=O) groups is 4. The Bertz CT molecular complexity index is 1430. The fraction of sp³-hybridized carbons (Fsp3) is 0.200. The highest BCUT2D eigenvalue weighted by Crippen LogP contribution is 2.30. The number of rotatable bonds is 10. The van der Waals surface area contributed by atoms with Crippen LogP contribution >= 0.6 is 11.6 Å². The lowest BCUT2D eigenvalue weighted by molar-refractivity contribution is -0.120. The summed E-state index contributed by atoms with van der Waals surface area (Å²) in [5, 5.41) is 2.59. The van der Waals surface area contributed by atoms with Crippen LogP contribution in [-0.2, 0) is 20.7 Å². The predicted molar refractivity (Wildman–Crippen MR) is 148 cm³/mol. The Hall–Kier alpha value is -4.43. The van der Waals surface area contributed by atoms with Gasteiger partial charge in [0.25, 0.3) is 11.8 Å². The predicted octanol–water partition coefficient (Wildman–Crippen LogP) is 5.86. The van der Waals surface area contributed by atoms with Gasteiger partial charge in [0, 0.05) is 5.69 Å². The Labute approximate surface area is 231 Å². The minimum atomic E-state index is -0.697. The van der Waals surface area contributed by atoms with E-state index in [0.29, 0.717) is 29.2 Å². The first-order valence-corrected chi connectivity index (χ1v) is 12.9. The molecule has 39 heavy (non-hydrogen) atoms. The van der Waals surface area contributed by atoms with Crippen LogP contribution in [0.25, 0.3) is 0 Å². The number of benzene rings is 3. The van der Waals surface area contributed by atoms with Gasteiger partial charge >= 0.3 is 11.9 Å². The summed E-state index contributed by atoms with van der Waals surface area (Å²) in [5.74, 6) is -1.90. The number of halogens is 1. The Balaban J connectivity index is 1.41. The minimum Gasteiger partial charge on any atom is -0.462 e. The summed E-state index contributed by atoms with van der Waals surface area (Å²) in [5.41, 5.74) is 2.28. The third kappa shape index (κ3) is 6.35. The Morgan fingerprint density at radius 1 is 0.872 bits per heavy atom. The number of esters is 2. The van der Waals surface area contributed by atoms with Gasteiger partial charge in [0.2, 0.25) is 0 Å². The van der Waals surface area contributed by atoms with Crippen LogP contribution in [0.1, 0.15) is 53.0 Å². The molecule has 2 amide bonds. The SMILES string of the molecule is CCCCOC(=O)c1ccc(N2C(=O)C(Cl)=C(Nc3ccc(C(=O)Oc4cccc(CC)c4)cc3)C2=O)cc1. The molecule has 0 atom stereocenters. The van der Waals surface area contributed by atoms with Crippen molar-refractivity contribution >= 4 is 46.7 Å². The number of imide groups is 1. The average molecular weight is 547 g/mol. The van der Waals surface area contributed by atoms with E-state index in [1.165, 1.54) is 24.3 Å². The van der Waals surface area contributed by atoms with E-state index in [2.05, 4.69) is 5.32 Å². The zero-order chi connectivity index (χ0) is 27.9. The maximum Gasteiger partial charge on any atom is 0.343 e. The molecular weight excluding hydrogens is 520 g/mol. The smallest absolute Gasteiger partial charge is 0.343 e. The van der Waals surface area contributed by atoms with Gasteiger partial charge in [0.1, 0.15) is 16.5 Å². The molecule has 0 spiro atoms. The van der Waals surface area contributed by atoms with Crippen LogP contribution in [0.2, 0.25) is 0 Å². The number of aryl methyl sites for hydroxylation is 1. The molecule has 3 aromatic carbocycles. The summed E-state index contributed by atoms with van der Waals surface area (Å²) in [6.07, 6.45) is 2.49. The fourth-order valence-electron chi connectivity index (χ4n) is 3.81. The van der Waals surface area contributed by atoms with Crippen molar-refractivity contribution in [2.24, 2.45) is 0 Å². The molecule has 1 aliphatic heterocycles. The van der Waals surface area contributed by atoms with Crippen LogP contribution < -0.4 is 15.0 Å². The maximum absolute atomic E-state index is 13.1. The summed E-state index contributed by atoms with van der Waals surface area (Å²) in [4.78, 5) is 51.5. The summed E-state index contributed by atoms with van der Waals surface area (Å²) in [6.45, 7) is 4.33. The van der Waals surface area contributed by atoms with Crippen LogP contribution in [0, 0.1) is 0 Å². The van der Waals surface area contributed by atoms with Crippen molar-refractivity contribution in [3.05, 3.63) is 100 Å². The van der Waals surface area contributed by atoms with E-state index in [1.807, 2.05) is 32.0 Å². The van der Waals surface area contributed by atoms with Gasteiger partial charge in [0.15, 0.2) is 0 Å². The summed E-state index contributed by atoms with van der Waals surface area (Å²) < 4.78 is 10.6. The first kappa shape index (κ1) is 27.6. The molecule has 0 aliphatic carbocycles. The number of nitrogens with zero attached hydrogens (tertiary/aromatic N) is 1. The van der Waals surface area contributed by atoms with E-state index < -0.39 is 23.8 Å². The number of ether oxygens (including phenoxy) is 2. The molecule has 1 N–H and O–H groups in total. The lowest BCUT2D eigenvalue weighted by Gasteiger charge is -2.15. The second kappa shape index (κ2) is 12.4. The molecule has 0 saturated heterocycles. The van der Waals surface area contributed by atoms with Gasteiger partial charge in [-0.25, -0.2) is 14.5 Å². The summed E-state index contributed by atoms with van der Waals surface area (Å²) >= 11 is 6.22. The number of hydrogen-bond donors (Lipinski definition) is 1. The third-order valence-electron chi connectivity index (χ3n) is 6.03. The van der Waals surface area contributed by atoms with E-state index in [0.717, 1.165) is 29.7 Å².